The average Bonchev–Trinajstić information content (AvgIpc) is 2.30. The van der Waals surface area contributed by atoms with E-state index in [1.165, 1.54) is 18.4 Å². The SMILES string of the molecule is Cl.N[C@@H](c1ccc(Br)cc1)C1CCNCC1. The van der Waals surface area contributed by atoms with Gasteiger partial charge >= 0.3 is 0 Å². The van der Waals surface area contributed by atoms with Crippen LogP contribution in [-0.2, 0) is 0 Å². The van der Waals surface area contributed by atoms with Crippen LogP contribution >= 0.6 is 28.3 Å². The van der Waals surface area contributed by atoms with E-state index in [1.54, 1.807) is 0 Å². The highest BCUT2D eigenvalue weighted by atomic mass is 79.9. The van der Waals surface area contributed by atoms with Gasteiger partial charge in [-0.1, -0.05) is 28.1 Å². The van der Waals surface area contributed by atoms with Crippen LogP contribution in [0.4, 0.5) is 0 Å². The predicted octanol–water partition coefficient (Wildman–Crippen LogP) is 2.87. The van der Waals surface area contributed by atoms with E-state index >= 15 is 0 Å². The first kappa shape index (κ1) is 14.0. The van der Waals surface area contributed by atoms with Crippen LogP contribution in [0.3, 0.4) is 0 Å². The lowest BCUT2D eigenvalue weighted by Crippen LogP contribution is -2.33. The number of benzene rings is 1. The van der Waals surface area contributed by atoms with Gasteiger partial charge in [0.15, 0.2) is 0 Å². The quantitative estimate of drug-likeness (QED) is 0.882. The Kier molecular flexibility index (Phi) is 5.76. The third-order valence-corrected chi connectivity index (χ3v) is 3.68. The molecule has 1 aromatic rings. The second-order valence-corrected chi connectivity index (χ2v) is 5.08. The molecule has 2 nitrogen and oxygen atoms in total. The molecule has 0 aliphatic carbocycles. The third-order valence-electron chi connectivity index (χ3n) is 3.15. The number of nitrogens with two attached hydrogens (primary N) is 1. The number of piperidine rings is 1. The lowest BCUT2D eigenvalue weighted by atomic mass is 9.87. The molecule has 1 aromatic carbocycles. The summed E-state index contributed by atoms with van der Waals surface area (Å²) < 4.78 is 1.11. The van der Waals surface area contributed by atoms with Gasteiger partial charge in [-0.2, -0.15) is 0 Å². The maximum absolute atomic E-state index is 6.28. The van der Waals surface area contributed by atoms with Crippen molar-refractivity contribution < 1.29 is 0 Å². The van der Waals surface area contributed by atoms with Crippen molar-refractivity contribution in [2.24, 2.45) is 11.7 Å². The molecule has 3 N–H and O–H groups in total. The zero-order valence-corrected chi connectivity index (χ0v) is 11.6. The van der Waals surface area contributed by atoms with E-state index in [9.17, 15) is 0 Å². The van der Waals surface area contributed by atoms with Crippen molar-refractivity contribution in [1.29, 1.82) is 0 Å². The van der Waals surface area contributed by atoms with Crippen LogP contribution in [0, 0.1) is 5.92 Å². The summed E-state index contributed by atoms with van der Waals surface area (Å²) in [6.45, 7) is 2.21. The van der Waals surface area contributed by atoms with Crippen LogP contribution in [0.25, 0.3) is 0 Å². The molecule has 1 saturated heterocycles. The Hall–Kier alpha value is -0.0900. The second-order valence-electron chi connectivity index (χ2n) is 4.16. The molecule has 0 spiro atoms. The average molecular weight is 306 g/mol. The Morgan fingerprint density at radius 1 is 1.19 bits per heavy atom. The molecule has 4 heteroatoms. The third kappa shape index (κ3) is 3.45. The summed E-state index contributed by atoms with van der Waals surface area (Å²) >= 11 is 3.44. The molecule has 0 aromatic heterocycles. The molecule has 0 bridgehead atoms. The zero-order chi connectivity index (χ0) is 10.7. The number of nitrogens with one attached hydrogen (secondary N) is 1. The van der Waals surface area contributed by atoms with Crippen LogP contribution in [0.15, 0.2) is 28.7 Å². The summed E-state index contributed by atoms with van der Waals surface area (Å²) in [4.78, 5) is 0. The summed E-state index contributed by atoms with van der Waals surface area (Å²) in [5, 5.41) is 3.37. The summed E-state index contributed by atoms with van der Waals surface area (Å²) in [5.74, 6) is 0.632. The van der Waals surface area contributed by atoms with E-state index in [-0.39, 0.29) is 18.4 Å². The van der Waals surface area contributed by atoms with Gasteiger partial charge in [0, 0.05) is 10.5 Å². The van der Waals surface area contributed by atoms with Gasteiger partial charge in [0.05, 0.1) is 0 Å². The minimum absolute atomic E-state index is 0. The monoisotopic (exact) mass is 304 g/mol. The largest absolute Gasteiger partial charge is 0.324 e. The van der Waals surface area contributed by atoms with Crippen LogP contribution < -0.4 is 11.1 Å². The van der Waals surface area contributed by atoms with Gasteiger partial charge in [0.2, 0.25) is 0 Å². The predicted molar refractivity (Wildman–Crippen MR) is 73.9 cm³/mol. The fourth-order valence-electron chi connectivity index (χ4n) is 2.16. The Morgan fingerprint density at radius 3 is 2.31 bits per heavy atom. The minimum atomic E-state index is 0. The van der Waals surface area contributed by atoms with E-state index < -0.39 is 0 Å². The highest BCUT2D eigenvalue weighted by molar-refractivity contribution is 9.10. The number of rotatable bonds is 2. The smallest absolute Gasteiger partial charge is 0.0324 e. The molecule has 1 fully saturated rings. The van der Waals surface area contributed by atoms with Crippen molar-refractivity contribution in [2.75, 3.05) is 13.1 Å². The molecular formula is C12H18BrClN2. The zero-order valence-electron chi connectivity index (χ0n) is 9.16. The van der Waals surface area contributed by atoms with Crippen LogP contribution in [0.5, 0.6) is 0 Å². The minimum Gasteiger partial charge on any atom is -0.324 e. The van der Waals surface area contributed by atoms with Crippen molar-refractivity contribution in [3.05, 3.63) is 34.3 Å². The summed E-state index contributed by atoms with van der Waals surface area (Å²) in [6.07, 6.45) is 2.38. The number of hydrogen-bond acceptors (Lipinski definition) is 2. The van der Waals surface area contributed by atoms with Gasteiger partial charge in [0.25, 0.3) is 0 Å². The standard InChI is InChI=1S/C12H17BrN2.ClH/c13-11-3-1-9(2-4-11)12(14)10-5-7-15-8-6-10;/h1-4,10,12,15H,5-8,14H2;1H/t12-;/m0./s1. The van der Waals surface area contributed by atoms with Gasteiger partial charge in [0.1, 0.15) is 0 Å². The number of halogens is 2. The summed E-state index contributed by atoms with van der Waals surface area (Å²) in [5.41, 5.74) is 7.53. The normalized spacial score (nSPS) is 18.9. The Balaban J connectivity index is 0.00000128. The molecule has 1 heterocycles. The lowest BCUT2D eigenvalue weighted by Gasteiger charge is -2.28. The van der Waals surface area contributed by atoms with Crippen molar-refractivity contribution in [3.63, 3.8) is 0 Å². The Bertz CT molecular complexity index is 309. The van der Waals surface area contributed by atoms with Crippen LogP contribution in [0.2, 0.25) is 0 Å². The van der Waals surface area contributed by atoms with Crippen molar-refractivity contribution in [2.45, 2.75) is 18.9 Å². The summed E-state index contributed by atoms with van der Waals surface area (Å²) in [7, 11) is 0. The molecule has 0 unspecified atom stereocenters. The van der Waals surface area contributed by atoms with Gasteiger partial charge < -0.3 is 11.1 Å². The highest BCUT2D eigenvalue weighted by Gasteiger charge is 2.21. The van der Waals surface area contributed by atoms with Gasteiger partial charge in [-0.15, -0.1) is 12.4 Å². The molecule has 16 heavy (non-hydrogen) atoms. The van der Waals surface area contributed by atoms with E-state index in [2.05, 4.69) is 45.5 Å². The van der Waals surface area contributed by atoms with Gasteiger partial charge in [-0.3, -0.25) is 0 Å². The molecule has 0 radical (unpaired) electrons. The van der Waals surface area contributed by atoms with E-state index in [4.69, 9.17) is 5.73 Å². The Morgan fingerprint density at radius 2 is 1.75 bits per heavy atom. The van der Waals surface area contributed by atoms with Crippen LogP contribution in [0.1, 0.15) is 24.4 Å². The summed E-state index contributed by atoms with van der Waals surface area (Å²) in [6, 6.07) is 8.57. The first-order valence-electron chi connectivity index (χ1n) is 5.49. The first-order valence-corrected chi connectivity index (χ1v) is 6.28. The number of hydrogen-bond donors (Lipinski definition) is 2. The van der Waals surface area contributed by atoms with Gasteiger partial charge in [-0.05, 0) is 49.5 Å². The van der Waals surface area contributed by atoms with Crippen molar-refractivity contribution >= 4 is 28.3 Å². The molecule has 1 aliphatic heterocycles. The maximum atomic E-state index is 6.28. The topological polar surface area (TPSA) is 38.0 Å². The molecule has 1 atom stereocenters. The molecule has 0 saturated carbocycles. The molecule has 2 rings (SSSR count). The van der Waals surface area contributed by atoms with E-state index in [0.29, 0.717) is 5.92 Å². The van der Waals surface area contributed by atoms with E-state index in [1.807, 2.05) is 0 Å². The van der Waals surface area contributed by atoms with Crippen molar-refractivity contribution in [3.8, 4) is 0 Å². The molecular weight excluding hydrogens is 288 g/mol. The fraction of sp³-hybridized carbons (Fsp3) is 0.500. The maximum Gasteiger partial charge on any atom is 0.0324 e. The van der Waals surface area contributed by atoms with E-state index in [0.717, 1.165) is 17.6 Å². The fourth-order valence-corrected chi connectivity index (χ4v) is 2.42. The first-order chi connectivity index (χ1) is 7.27. The van der Waals surface area contributed by atoms with Gasteiger partial charge in [-0.25, -0.2) is 0 Å². The second kappa shape index (κ2) is 6.60. The molecule has 0 amide bonds. The highest BCUT2D eigenvalue weighted by Crippen LogP contribution is 2.27. The van der Waals surface area contributed by atoms with Crippen LogP contribution in [-0.4, -0.2) is 13.1 Å². The Labute approximate surface area is 112 Å². The van der Waals surface area contributed by atoms with Crippen molar-refractivity contribution in [1.82, 2.24) is 5.32 Å². The molecule has 1 aliphatic rings. The lowest BCUT2D eigenvalue weighted by molar-refractivity contribution is 0.322. The molecule has 90 valence electrons.